The van der Waals surface area contributed by atoms with Crippen molar-refractivity contribution in [2.45, 2.75) is 123 Å². The van der Waals surface area contributed by atoms with Crippen LogP contribution in [0.2, 0.25) is 0 Å². The number of hydrogen-bond acceptors (Lipinski definition) is 7. The molecule has 2 unspecified atom stereocenters. The van der Waals surface area contributed by atoms with Crippen LogP contribution in [0.1, 0.15) is 117 Å². The van der Waals surface area contributed by atoms with Crippen LogP contribution in [-0.2, 0) is 27.9 Å². The fourth-order valence-corrected chi connectivity index (χ4v) is 4.91. The summed E-state index contributed by atoms with van der Waals surface area (Å²) in [6.45, 7) is 5.18. The molecule has 0 rings (SSSR count). The molecule has 0 heterocycles. The molecule has 0 N–H and O–H groups in total. The van der Waals surface area contributed by atoms with Gasteiger partial charge >= 0.3 is 5.97 Å². The lowest BCUT2D eigenvalue weighted by Gasteiger charge is -2.28. The number of quaternary nitrogens is 1. The van der Waals surface area contributed by atoms with Gasteiger partial charge in [-0.1, -0.05) is 107 Å². The van der Waals surface area contributed by atoms with Gasteiger partial charge in [-0.2, -0.15) is 0 Å². The molecule has 45 heavy (non-hydrogen) atoms. The maximum atomic E-state index is 12.5. The summed E-state index contributed by atoms with van der Waals surface area (Å²) < 4.78 is 34.2. The number of hydrogen-bond donors (Lipinski definition) is 0. The molecule has 0 bridgehead atoms. The molecule has 8 nitrogen and oxygen atoms in total. The molecule has 0 saturated heterocycles. The van der Waals surface area contributed by atoms with Crippen LogP contribution in [0.15, 0.2) is 48.6 Å². The SMILES string of the molecule is CC/C=C\C/C=C\C/C=C\C/C=C\CCCCC(=O)OC(COCCCCCCCCCC)COP(=O)([O-])OCC[N+](C)(C)C. The van der Waals surface area contributed by atoms with Gasteiger partial charge in [0.2, 0.25) is 0 Å². The Kier molecular flexibility index (Phi) is 28.8. The third-order valence-electron chi connectivity index (χ3n) is 6.89. The van der Waals surface area contributed by atoms with Crippen LogP contribution < -0.4 is 4.89 Å². The van der Waals surface area contributed by atoms with Crippen LogP contribution in [0.3, 0.4) is 0 Å². The second-order valence-electron chi connectivity index (χ2n) is 12.5. The zero-order valence-corrected chi connectivity index (χ0v) is 30.2. The molecular formula is C36H66NO7P. The zero-order valence-electron chi connectivity index (χ0n) is 29.3. The summed E-state index contributed by atoms with van der Waals surface area (Å²) in [5.41, 5.74) is 0. The zero-order chi connectivity index (χ0) is 33.5. The summed E-state index contributed by atoms with van der Waals surface area (Å²) in [6, 6.07) is 0. The van der Waals surface area contributed by atoms with E-state index in [0.717, 1.165) is 51.4 Å². The van der Waals surface area contributed by atoms with Gasteiger partial charge in [0.1, 0.15) is 19.3 Å². The lowest BCUT2D eigenvalue weighted by atomic mass is 10.1. The van der Waals surface area contributed by atoms with Crippen molar-refractivity contribution >= 4 is 13.8 Å². The van der Waals surface area contributed by atoms with Gasteiger partial charge in [-0.05, 0) is 51.4 Å². The van der Waals surface area contributed by atoms with Crippen LogP contribution in [0.4, 0.5) is 0 Å². The van der Waals surface area contributed by atoms with E-state index < -0.39 is 13.9 Å². The first-order valence-electron chi connectivity index (χ1n) is 17.4. The Morgan fingerprint density at radius 3 is 1.89 bits per heavy atom. The number of ether oxygens (including phenoxy) is 2. The molecule has 0 spiro atoms. The van der Waals surface area contributed by atoms with E-state index >= 15 is 0 Å². The van der Waals surface area contributed by atoms with E-state index in [4.69, 9.17) is 18.5 Å². The van der Waals surface area contributed by atoms with E-state index in [1.54, 1.807) is 0 Å². The Morgan fingerprint density at radius 1 is 0.711 bits per heavy atom. The number of esters is 1. The number of unbranched alkanes of at least 4 members (excludes halogenated alkanes) is 9. The van der Waals surface area contributed by atoms with Crippen LogP contribution in [0.25, 0.3) is 0 Å². The van der Waals surface area contributed by atoms with Crippen LogP contribution >= 0.6 is 7.82 Å². The first-order chi connectivity index (χ1) is 21.6. The van der Waals surface area contributed by atoms with E-state index in [2.05, 4.69) is 62.5 Å². The van der Waals surface area contributed by atoms with Crippen molar-refractivity contribution in [3.8, 4) is 0 Å². The van der Waals surface area contributed by atoms with Gasteiger partial charge in [0, 0.05) is 13.0 Å². The Labute approximate surface area is 276 Å². The fourth-order valence-electron chi connectivity index (χ4n) is 4.18. The van der Waals surface area contributed by atoms with E-state index in [9.17, 15) is 14.3 Å². The topological polar surface area (TPSA) is 94.1 Å². The summed E-state index contributed by atoms with van der Waals surface area (Å²) in [6.07, 6.45) is 32.7. The quantitative estimate of drug-likeness (QED) is 0.0243. The first-order valence-corrected chi connectivity index (χ1v) is 18.8. The predicted octanol–water partition coefficient (Wildman–Crippen LogP) is 8.63. The molecular weight excluding hydrogens is 589 g/mol. The number of carbonyl (C=O) groups is 1. The molecule has 2 atom stereocenters. The second-order valence-corrected chi connectivity index (χ2v) is 13.9. The lowest BCUT2D eigenvalue weighted by molar-refractivity contribution is -0.870. The van der Waals surface area contributed by atoms with E-state index in [1.165, 1.54) is 38.5 Å². The van der Waals surface area contributed by atoms with Gasteiger partial charge in [-0.15, -0.1) is 0 Å². The molecule has 0 fully saturated rings. The minimum Gasteiger partial charge on any atom is -0.756 e. The van der Waals surface area contributed by atoms with Crippen molar-refractivity contribution in [3.63, 3.8) is 0 Å². The highest BCUT2D eigenvalue weighted by molar-refractivity contribution is 7.45. The number of carbonyl (C=O) groups excluding carboxylic acids is 1. The van der Waals surface area contributed by atoms with Crippen molar-refractivity contribution < 1.29 is 37.3 Å². The van der Waals surface area contributed by atoms with Gasteiger partial charge in [0.15, 0.2) is 0 Å². The molecule has 9 heteroatoms. The number of likely N-dealkylation sites (N-methyl/N-ethyl adjacent to an activating group) is 1. The molecule has 0 aliphatic carbocycles. The van der Waals surface area contributed by atoms with E-state index in [1.807, 2.05) is 21.1 Å². The van der Waals surface area contributed by atoms with Crippen molar-refractivity contribution in [3.05, 3.63) is 48.6 Å². The predicted molar refractivity (Wildman–Crippen MR) is 185 cm³/mol. The monoisotopic (exact) mass is 655 g/mol. The van der Waals surface area contributed by atoms with Crippen molar-refractivity contribution in [1.29, 1.82) is 0 Å². The van der Waals surface area contributed by atoms with Crippen molar-refractivity contribution in [2.75, 3.05) is 54.1 Å². The minimum atomic E-state index is -4.52. The minimum absolute atomic E-state index is 0.0168. The second kappa shape index (κ2) is 29.8. The van der Waals surface area contributed by atoms with Crippen LogP contribution in [-0.4, -0.2) is 70.7 Å². The third kappa shape index (κ3) is 33.6. The Bertz CT molecular complexity index is 864. The number of rotatable bonds is 31. The summed E-state index contributed by atoms with van der Waals surface area (Å²) in [7, 11) is 1.32. The summed E-state index contributed by atoms with van der Waals surface area (Å²) in [4.78, 5) is 24.8. The van der Waals surface area contributed by atoms with Gasteiger partial charge < -0.3 is 27.9 Å². The lowest BCUT2D eigenvalue weighted by Crippen LogP contribution is -2.37. The molecule has 0 amide bonds. The largest absolute Gasteiger partial charge is 0.756 e. The van der Waals surface area contributed by atoms with Crippen molar-refractivity contribution in [1.82, 2.24) is 0 Å². The highest BCUT2D eigenvalue weighted by Gasteiger charge is 2.20. The first kappa shape index (κ1) is 43.5. The molecule has 262 valence electrons. The number of nitrogens with zero attached hydrogens (tertiary/aromatic N) is 1. The Hall–Kier alpha value is -1.54. The third-order valence-corrected chi connectivity index (χ3v) is 7.86. The normalized spacial score (nSPS) is 14.7. The summed E-state index contributed by atoms with van der Waals surface area (Å²) >= 11 is 0. The molecule has 0 aromatic heterocycles. The highest BCUT2D eigenvalue weighted by Crippen LogP contribution is 2.38. The Balaban J connectivity index is 4.42. The van der Waals surface area contributed by atoms with E-state index in [-0.39, 0.29) is 32.2 Å². The number of phosphoric acid groups is 1. The van der Waals surface area contributed by atoms with Crippen LogP contribution in [0, 0.1) is 0 Å². The maximum Gasteiger partial charge on any atom is 0.306 e. The average Bonchev–Trinajstić information content (AvgIpc) is 2.98. The molecule has 0 aliphatic heterocycles. The number of phosphoric ester groups is 1. The van der Waals surface area contributed by atoms with Gasteiger partial charge in [-0.3, -0.25) is 9.36 Å². The average molecular weight is 656 g/mol. The molecule has 0 aliphatic rings. The standard InChI is InChI=1S/C36H66NO7P/c1-6-8-10-12-14-16-17-18-19-20-21-22-23-25-27-29-36(38)44-35(33-41-31-28-26-24-15-13-11-9-7-2)34-43-45(39,40)42-32-30-37(3,4)5/h8,10,14,16,18-19,21-22,35H,6-7,9,11-13,15,17,20,23-34H2,1-5H3/b10-8-,16-14-,19-18-,22-21-. The molecule has 0 aromatic rings. The summed E-state index contributed by atoms with van der Waals surface area (Å²) in [5, 5.41) is 0. The maximum absolute atomic E-state index is 12.5. The smallest absolute Gasteiger partial charge is 0.306 e. The van der Waals surface area contributed by atoms with Crippen LogP contribution in [0.5, 0.6) is 0 Å². The van der Waals surface area contributed by atoms with Gasteiger partial charge in [-0.25, -0.2) is 0 Å². The summed E-state index contributed by atoms with van der Waals surface area (Å²) in [5.74, 6) is -0.379. The molecule has 0 saturated carbocycles. The van der Waals surface area contributed by atoms with E-state index in [0.29, 0.717) is 24.1 Å². The number of allylic oxidation sites excluding steroid dienone is 8. The van der Waals surface area contributed by atoms with Crippen molar-refractivity contribution in [2.24, 2.45) is 0 Å². The molecule has 0 radical (unpaired) electrons. The molecule has 0 aromatic carbocycles. The fraction of sp³-hybridized carbons (Fsp3) is 0.750. The highest BCUT2D eigenvalue weighted by atomic mass is 31.2. The van der Waals surface area contributed by atoms with Gasteiger partial charge in [0.25, 0.3) is 7.82 Å². The van der Waals surface area contributed by atoms with Gasteiger partial charge in [0.05, 0.1) is 34.4 Å². The Morgan fingerprint density at radius 2 is 1.29 bits per heavy atom.